The highest BCUT2D eigenvalue weighted by molar-refractivity contribution is 6.22. The lowest BCUT2D eigenvalue weighted by atomic mass is 9.68. The molecule has 0 bridgehead atoms. The number of allylic oxidation sites excluding steroid dienone is 2. The van der Waals surface area contributed by atoms with Crippen molar-refractivity contribution in [2.75, 3.05) is 11.5 Å². The standard InChI is InChI=1S/C35H31F6NO5/c1-19-13-27-31(33(47)42(32(27)46)25-16-23(34(36,37)38)15-24(17-25)35(39,40)41)28(18-43)30(19)29(45)12-9-22(21-5-3-2-4-6-21)14-20-7-10-26(44)11-8-20/h2-8,10-11,14-17,27-29,31,43-45H,9,12-13,18H2,1H3/b22-14-/t27-,28+,29-,31-/m1/s1. The van der Waals surface area contributed by atoms with Gasteiger partial charge in [-0.2, -0.15) is 26.3 Å². The lowest BCUT2D eigenvalue weighted by Crippen LogP contribution is -2.38. The molecule has 3 aromatic rings. The van der Waals surface area contributed by atoms with E-state index >= 15 is 0 Å². The largest absolute Gasteiger partial charge is 0.508 e. The molecule has 4 atom stereocenters. The van der Waals surface area contributed by atoms with Gasteiger partial charge in [0.2, 0.25) is 11.8 Å². The van der Waals surface area contributed by atoms with Crippen molar-refractivity contribution >= 4 is 29.2 Å². The number of carbonyl (C=O) groups is 2. The number of aliphatic hydroxyl groups is 2. The van der Waals surface area contributed by atoms with E-state index in [1.54, 1.807) is 19.1 Å². The third-order valence-corrected chi connectivity index (χ3v) is 8.78. The number of phenols is 1. The van der Waals surface area contributed by atoms with Crippen molar-refractivity contribution in [1.29, 1.82) is 0 Å². The molecule has 3 N–H and O–H groups in total. The molecule has 1 saturated heterocycles. The van der Waals surface area contributed by atoms with Gasteiger partial charge in [-0.3, -0.25) is 9.59 Å². The predicted molar refractivity (Wildman–Crippen MR) is 161 cm³/mol. The number of nitrogens with zero attached hydrogens (tertiary/aromatic N) is 1. The monoisotopic (exact) mass is 659 g/mol. The quantitative estimate of drug-likeness (QED) is 0.103. The first-order valence-electron chi connectivity index (χ1n) is 14.8. The molecule has 1 aliphatic heterocycles. The summed E-state index contributed by atoms with van der Waals surface area (Å²) in [4.78, 5) is 27.5. The Labute approximate surface area is 266 Å². The average molecular weight is 660 g/mol. The topological polar surface area (TPSA) is 98.1 Å². The third-order valence-electron chi connectivity index (χ3n) is 8.78. The molecule has 6 nitrogen and oxygen atoms in total. The molecule has 5 rings (SSSR count). The number of fused-ring (bicyclic) bond motifs is 1. The molecule has 2 aliphatic rings. The van der Waals surface area contributed by atoms with Gasteiger partial charge in [0.1, 0.15) is 5.75 Å². The lowest BCUT2D eigenvalue weighted by Gasteiger charge is -2.35. The van der Waals surface area contributed by atoms with Crippen LogP contribution in [0.4, 0.5) is 32.0 Å². The first-order chi connectivity index (χ1) is 22.1. The summed E-state index contributed by atoms with van der Waals surface area (Å²) in [5, 5.41) is 31.6. The molecule has 0 unspecified atom stereocenters. The van der Waals surface area contributed by atoms with Gasteiger partial charge in [-0.05, 0) is 78.8 Å². The maximum Gasteiger partial charge on any atom is 0.416 e. The van der Waals surface area contributed by atoms with E-state index in [4.69, 9.17) is 0 Å². The number of halogens is 6. The second kappa shape index (κ2) is 13.0. The molecule has 12 heteroatoms. The molecule has 2 amide bonds. The average Bonchev–Trinajstić information content (AvgIpc) is 3.27. The number of phenolic OH excluding ortho intramolecular Hbond substituents is 1. The Bertz CT molecular complexity index is 1680. The van der Waals surface area contributed by atoms with Crippen molar-refractivity contribution in [3.05, 3.63) is 106 Å². The first kappa shape index (κ1) is 33.9. The van der Waals surface area contributed by atoms with Crippen LogP contribution >= 0.6 is 0 Å². The predicted octanol–water partition coefficient (Wildman–Crippen LogP) is 7.25. The Morgan fingerprint density at radius 3 is 2.06 bits per heavy atom. The molecule has 0 radical (unpaired) electrons. The van der Waals surface area contributed by atoms with Crippen LogP contribution in [0.2, 0.25) is 0 Å². The summed E-state index contributed by atoms with van der Waals surface area (Å²) in [6.07, 6.45) is -9.28. The van der Waals surface area contributed by atoms with Gasteiger partial charge in [-0.1, -0.05) is 54.1 Å². The summed E-state index contributed by atoms with van der Waals surface area (Å²) in [5.74, 6) is -5.46. The minimum atomic E-state index is -5.19. The van der Waals surface area contributed by atoms with Gasteiger partial charge in [0.05, 0.1) is 41.4 Å². The zero-order valence-electron chi connectivity index (χ0n) is 25.0. The van der Waals surface area contributed by atoms with E-state index in [0.717, 1.165) is 16.7 Å². The SMILES string of the molecule is CC1=C([C@H](O)CC/C(=C/c2ccc(O)cc2)c2ccccc2)[C@H](CO)[C@@H]2C(=O)N(c3cc(C(F)(F)F)cc(C(F)(F)F)c3)C(=O)[C@@H]2C1. The number of aromatic hydroxyl groups is 1. The highest BCUT2D eigenvalue weighted by atomic mass is 19.4. The molecule has 1 heterocycles. The Kier molecular flexibility index (Phi) is 9.38. The van der Waals surface area contributed by atoms with Gasteiger partial charge in [0.25, 0.3) is 0 Å². The van der Waals surface area contributed by atoms with Crippen molar-refractivity contribution in [2.45, 2.75) is 44.6 Å². The van der Waals surface area contributed by atoms with E-state index in [0.29, 0.717) is 34.6 Å². The van der Waals surface area contributed by atoms with Crippen molar-refractivity contribution in [1.82, 2.24) is 0 Å². The number of alkyl halides is 6. The van der Waals surface area contributed by atoms with Crippen LogP contribution < -0.4 is 4.90 Å². The normalized spacial score (nSPS) is 21.3. The molecular formula is C35H31F6NO5. The summed E-state index contributed by atoms with van der Waals surface area (Å²) < 4.78 is 81.4. The van der Waals surface area contributed by atoms with E-state index in [1.165, 1.54) is 12.1 Å². The fourth-order valence-corrected chi connectivity index (χ4v) is 6.61. The lowest BCUT2D eigenvalue weighted by molar-refractivity contribution is -0.143. The molecule has 1 fully saturated rings. The summed E-state index contributed by atoms with van der Waals surface area (Å²) in [7, 11) is 0. The number of hydrogen-bond acceptors (Lipinski definition) is 5. The summed E-state index contributed by atoms with van der Waals surface area (Å²) >= 11 is 0. The second-order valence-corrected chi connectivity index (χ2v) is 11.8. The van der Waals surface area contributed by atoms with Gasteiger partial charge in [0, 0.05) is 5.92 Å². The number of amides is 2. The fraction of sp³-hybridized carbons (Fsp3) is 0.314. The summed E-state index contributed by atoms with van der Waals surface area (Å²) in [6, 6.07) is 16.4. The van der Waals surface area contributed by atoms with E-state index in [9.17, 15) is 51.3 Å². The fourth-order valence-electron chi connectivity index (χ4n) is 6.61. The molecule has 3 aromatic carbocycles. The number of rotatable bonds is 8. The Balaban J connectivity index is 1.44. The zero-order valence-corrected chi connectivity index (χ0v) is 25.0. The van der Waals surface area contributed by atoms with Crippen molar-refractivity contribution in [3.8, 4) is 5.75 Å². The molecule has 0 spiro atoms. The van der Waals surface area contributed by atoms with Gasteiger partial charge in [-0.25, -0.2) is 4.90 Å². The van der Waals surface area contributed by atoms with Crippen LogP contribution in [0.25, 0.3) is 11.6 Å². The third kappa shape index (κ3) is 6.98. The van der Waals surface area contributed by atoms with Crippen LogP contribution in [0, 0.1) is 17.8 Å². The van der Waals surface area contributed by atoms with Crippen LogP contribution in [0.3, 0.4) is 0 Å². The van der Waals surface area contributed by atoms with Gasteiger partial charge < -0.3 is 15.3 Å². The molecule has 1 aliphatic carbocycles. The van der Waals surface area contributed by atoms with Gasteiger partial charge in [0.15, 0.2) is 0 Å². The van der Waals surface area contributed by atoms with Crippen LogP contribution in [0.15, 0.2) is 83.9 Å². The molecule has 0 saturated carbocycles. The smallest absolute Gasteiger partial charge is 0.416 e. The maximum absolute atomic E-state index is 13.7. The number of aliphatic hydroxyl groups excluding tert-OH is 2. The number of hydrogen-bond donors (Lipinski definition) is 3. The number of benzene rings is 3. The number of anilines is 1. The van der Waals surface area contributed by atoms with E-state index in [-0.39, 0.29) is 24.7 Å². The Hall–Kier alpha value is -4.42. The minimum absolute atomic E-state index is 0.0748. The van der Waals surface area contributed by atoms with Crippen LogP contribution in [0.1, 0.15) is 48.4 Å². The van der Waals surface area contributed by atoms with Crippen LogP contribution in [-0.2, 0) is 21.9 Å². The Morgan fingerprint density at radius 1 is 0.915 bits per heavy atom. The zero-order chi connectivity index (χ0) is 34.3. The van der Waals surface area contributed by atoms with Crippen LogP contribution in [-0.4, -0.2) is 39.8 Å². The summed E-state index contributed by atoms with van der Waals surface area (Å²) in [6.45, 7) is 0.928. The highest BCUT2D eigenvalue weighted by Crippen LogP contribution is 2.48. The molecule has 47 heavy (non-hydrogen) atoms. The van der Waals surface area contributed by atoms with Crippen molar-refractivity contribution in [2.24, 2.45) is 17.8 Å². The molecular weight excluding hydrogens is 628 g/mol. The Morgan fingerprint density at radius 2 is 1.51 bits per heavy atom. The van der Waals surface area contributed by atoms with E-state index in [1.807, 2.05) is 36.4 Å². The second-order valence-electron chi connectivity index (χ2n) is 11.8. The first-order valence-corrected chi connectivity index (χ1v) is 14.8. The van der Waals surface area contributed by atoms with Crippen molar-refractivity contribution < 1.29 is 51.3 Å². The van der Waals surface area contributed by atoms with E-state index < -0.39 is 71.4 Å². The number of imide groups is 1. The molecule has 0 aromatic heterocycles. The van der Waals surface area contributed by atoms with Gasteiger partial charge >= 0.3 is 12.4 Å². The van der Waals surface area contributed by atoms with Gasteiger partial charge in [-0.15, -0.1) is 0 Å². The van der Waals surface area contributed by atoms with Crippen LogP contribution in [0.5, 0.6) is 5.75 Å². The minimum Gasteiger partial charge on any atom is -0.508 e. The number of carbonyl (C=O) groups excluding carboxylic acids is 2. The maximum atomic E-state index is 13.7. The summed E-state index contributed by atoms with van der Waals surface area (Å²) in [5.41, 5.74) is -0.886. The highest BCUT2D eigenvalue weighted by Gasteiger charge is 2.55. The van der Waals surface area contributed by atoms with E-state index in [2.05, 4.69) is 0 Å². The van der Waals surface area contributed by atoms with Crippen molar-refractivity contribution in [3.63, 3.8) is 0 Å². The molecule has 248 valence electrons.